The van der Waals surface area contributed by atoms with Gasteiger partial charge in [-0.05, 0) is 35.8 Å². The van der Waals surface area contributed by atoms with Crippen LogP contribution in [0.25, 0.3) is 11.6 Å². The second kappa shape index (κ2) is 8.42. The van der Waals surface area contributed by atoms with Gasteiger partial charge in [0.2, 0.25) is 0 Å². The number of carbonyl (C=O) groups is 1. The lowest BCUT2D eigenvalue weighted by molar-refractivity contribution is -0.124. The number of aromatic nitrogens is 2. The van der Waals surface area contributed by atoms with E-state index in [-0.39, 0.29) is 5.92 Å². The molecule has 0 spiro atoms. The first-order chi connectivity index (χ1) is 13.1. The minimum Gasteiger partial charge on any atom is -0.309 e. The van der Waals surface area contributed by atoms with E-state index in [1.165, 1.54) is 6.08 Å². The molecule has 0 aliphatic heterocycles. The SMILES string of the molecule is CCC(C(=N)Cc1cnn2ccccc12)c1ccc(/C=C/C(=O)NO)cc1. The summed E-state index contributed by atoms with van der Waals surface area (Å²) in [5.41, 5.74) is 6.22. The van der Waals surface area contributed by atoms with E-state index in [1.807, 2.05) is 59.4 Å². The number of nitrogens with one attached hydrogen (secondary N) is 2. The molecule has 3 rings (SSSR count). The zero-order valence-corrected chi connectivity index (χ0v) is 15.1. The molecule has 0 bridgehead atoms. The molecule has 0 saturated heterocycles. The molecular weight excluding hydrogens is 340 g/mol. The molecular formula is C21H22N4O2. The van der Waals surface area contributed by atoms with Crippen LogP contribution in [0.5, 0.6) is 0 Å². The highest BCUT2D eigenvalue weighted by Crippen LogP contribution is 2.24. The second-order valence-electron chi connectivity index (χ2n) is 6.34. The first kappa shape index (κ1) is 18.5. The molecule has 27 heavy (non-hydrogen) atoms. The number of pyridine rings is 1. The van der Waals surface area contributed by atoms with Crippen LogP contribution in [0.2, 0.25) is 0 Å². The minimum absolute atomic E-state index is 0.0300. The third-order valence-electron chi connectivity index (χ3n) is 4.59. The van der Waals surface area contributed by atoms with E-state index in [4.69, 9.17) is 10.6 Å². The van der Waals surface area contributed by atoms with Gasteiger partial charge < -0.3 is 5.41 Å². The summed E-state index contributed by atoms with van der Waals surface area (Å²) in [6, 6.07) is 13.7. The molecule has 138 valence electrons. The van der Waals surface area contributed by atoms with Gasteiger partial charge >= 0.3 is 0 Å². The third-order valence-corrected chi connectivity index (χ3v) is 4.59. The molecule has 3 aromatic rings. The Morgan fingerprint density at radius 3 is 2.78 bits per heavy atom. The van der Waals surface area contributed by atoms with Crippen LogP contribution < -0.4 is 5.48 Å². The lowest BCUT2D eigenvalue weighted by Gasteiger charge is -2.17. The lowest BCUT2D eigenvalue weighted by atomic mass is 9.88. The molecule has 3 N–H and O–H groups in total. The summed E-state index contributed by atoms with van der Waals surface area (Å²) < 4.78 is 1.83. The summed E-state index contributed by atoms with van der Waals surface area (Å²) >= 11 is 0. The number of hydroxylamine groups is 1. The van der Waals surface area contributed by atoms with Crippen molar-refractivity contribution in [1.29, 1.82) is 5.41 Å². The predicted octanol–water partition coefficient (Wildman–Crippen LogP) is 3.61. The van der Waals surface area contributed by atoms with Gasteiger partial charge in [-0.2, -0.15) is 5.10 Å². The van der Waals surface area contributed by atoms with Gasteiger partial charge in [-0.25, -0.2) is 10.00 Å². The van der Waals surface area contributed by atoms with E-state index in [0.717, 1.165) is 28.6 Å². The smallest absolute Gasteiger partial charge is 0.267 e. The number of hydrogen-bond donors (Lipinski definition) is 3. The molecule has 6 nitrogen and oxygen atoms in total. The molecule has 0 fully saturated rings. The summed E-state index contributed by atoms with van der Waals surface area (Å²) in [4.78, 5) is 11.1. The molecule has 0 radical (unpaired) electrons. The number of benzene rings is 1. The van der Waals surface area contributed by atoms with Gasteiger partial charge in [-0.3, -0.25) is 10.0 Å². The van der Waals surface area contributed by atoms with Crippen molar-refractivity contribution in [2.45, 2.75) is 25.7 Å². The van der Waals surface area contributed by atoms with E-state index in [1.54, 1.807) is 11.6 Å². The average Bonchev–Trinajstić information content (AvgIpc) is 3.10. The number of hydrogen-bond acceptors (Lipinski definition) is 4. The molecule has 2 aromatic heterocycles. The highest BCUT2D eigenvalue weighted by Gasteiger charge is 2.17. The highest BCUT2D eigenvalue weighted by molar-refractivity contribution is 5.92. The molecule has 1 aromatic carbocycles. The van der Waals surface area contributed by atoms with Crippen LogP contribution >= 0.6 is 0 Å². The molecule has 0 aliphatic carbocycles. The second-order valence-corrected chi connectivity index (χ2v) is 6.34. The highest BCUT2D eigenvalue weighted by atomic mass is 16.5. The van der Waals surface area contributed by atoms with Crippen LogP contribution in [-0.4, -0.2) is 26.4 Å². The summed E-state index contributed by atoms with van der Waals surface area (Å²) in [5.74, 6) is -0.539. The van der Waals surface area contributed by atoms with Crippen molar-refractivity contribution in [2.75, 3.05) is 0 Å². The Balaban J connectivity index is 1.75. The summed E-state index contributed by atoms with van der Waals surface area (Å²) in [5, 5.41) is 21.5. The Labute approximate surface area is 157 Å². The Hall–Kier alpha value is -3.25. The largest absolute Gasteiger partial charge is 0.309 e. The molecule has 1 amide bonds. The number of nitrogens with zero attached hydrogens (tertiary/aromatic N) is 2. The van der Waals surface area contributed by atoms with Crippen molar-refractivity contribution in [3.8, 4) is 0 Å². The maximum atomic E-state index is 11.1. The van der Waals surface area contributed by atoms with Gasteiger partial charge in [0, 0.05) is 35.9 Å². The predicted molar refractivity (Wildman–Crippen MR) is 105 cm³/mol. The van der Waals surface area contributed by atoms with Crippen LogP contribution in [0.1, 0.15) is 36.0 Å². The lowest BCUT2D eigenvalue weighted by Crippen LogP contribution is -2.14. The van der Waals surface area contributed by atoms with E-state index >= 15 is 0 Å². The van der Waals surface area contributed by atoms with E-state index < -0.39 is 5.91 Å². The zero-order chi connectivity index (χ0) is 19.2. The fourth-order valence-corrected chi connectivity index (χ4v) is 3.18. The van der Waals surface area contributed by atoms with Gasteiger partial charge in [-0.1, -0.05) is 37.3 Å². The van der Waals surface area contributed by atoms with Crippen LogP contribution in [0.15, 0.2) is 60.9 Å². The number of rotatable bonds is 7. The fourth-order valence-electron chi connectivity index (χ4n) is 3.18. The minimum atomic E-state index is -0.569. The van der Waals surface area contributed by atoms with Crippen LogP contribution in [0.4, 0.5) is 0 Å². The van der Waals surface area contributed by atoms with Gasteiger partial charge in [-0.15, -0.1) is 0 Å². The summed E-state index contributed by atoms with van der Waals surface area (Å²) in [6.45, 7) is 2.08. The maximum absolute atomic E-state index is 11.1. The van der Waals surface area contributed by atoms with Gasteiger partial charge in [0.1, 0.15) is 0 Å². The fraction of sp³-hybridized carbons (Fsp3) is 0.190. The van der Waals surface area contributed by atoms with Gasteiger partial charge in [0.05, 0.1) is 11.7 Å². The molecule has 0 saturated carbocycles. The van der Waals surface area contributed by atoms with Crippen LogP contribution in [-0.2, 0) is 11.2 Å². The maximum Gasteiger partial charge on any atom is 0.267 e. The van der Waals surface area contributed by atoms with E-state index in [0.29, 0.717) is 12.1 Å². The van der Waals surface area contributed by atoms with Crippen LogP contribution in [0, 0.1) is 5.41 Å². The normalized spacial score (nSPS) is 12.4. The topological polar surface area (TPSA) is 90.5 Å². The summed E-state index contributed by atoms with van der Waals surface area (Å²) in [7, 11) is 0. The van der Waals surface area contributed by atoms with Crippen molar-refractivity contribution >= 4 is 23.2 Å². The van der Waals surface area contributed by atoms with Gasteiger partial charge in [0.25, 0.3) is 5.91 Å². The molecule has 2 heterocycles. The molecule has 0 aliphatic rings. The van der Waals surface area contributed by atoms with Crippen molar-refractivity contribution in [1.82, 2.24) is 15.1 Å². The Morgan fingerprint density at radius 2 is 2.07 bits per heavy atom. The number of fused-ring (bicyclic) bond motifs is 1. The molecule has 1 unspecified atom stereocenters. The van der Waals surface area contributed by atoms with Crippen LogP contribution in [0.3, 0.4) is 0 Å². The van der Waals surface area contributed by atoms with Crippen molar-refractivity contribution < 1.29 is 10.0 Å². The Morgan fingerprint density at radius 1 is 1.30 bits per heavy atom. The van der Waals surface area contributed by atoms with Gasteiger partial charge in [0.15, 0.2) is 0 Å². The van der Waals surface area contributed by atoms with Crippen molar-refractivity contribution in [2.24, 2.45) is 0 Å². The first-order valence-electron chi connectivity index (χ1n) is 8.83. The number of carbonyl (C=O) groups excluding carboxylic acids is 1. The quantitative estimate of drug-likeness (QED) is 0.259. The zero-order valence-electron chi connectivity index (χ0n) is 15.1. The first-order valence-corrected chi connectivity index (χ1v) is 8.83. The third kappa shape index (κ3) is 4.30. The van der Waals surface area contributed by atoms with E-state index in [2.05, 4.69) is 12.0 Å². The van der Waals surface area contributed by atoms with Crippen molar-refractivity contribution in [3.05, 3.63) is 77.6 Å². The van der Waals surface area contributed by atoms with Crippen molar-refractivity contribution in [3.63, 3.8) is 0 Å². The monoisotopic (exact) mass is 362 g/mol. The van der Waals surface area contributed by atoms with E-state index in [9.17, 15) is 4.79 Å². The molecule has 6 heteroatoms. The Bertz CT molecular complexity index is 973. The standard InChI is InChI=1S/C21H22N4O2/c1-2-18(16-9-6-15(7-10-16)8-11-21(26)24-27)19(22)13-17-14-23-25-12-4-3-5-20(17)25/h3-12,14,18,22,27H,2,13H2,1H3,(H,24,26)/b11-8+,22-19?. The molecule has 1 atom stereocenters. The number of amides is 1. The Kier molecular flexibility index (Phi) is 5.78. The average molecular weight is 362 g/mol. The summed E-state index contributed by atoms with van der Waals surface area (Å²) in [6.07, 6.45) is 8.02.